The van der Waals surface area contributed by atoms with Crippen molar-refractivity contribution in [1.29, 1.82) is 5.26 Å². The zero-order valence-electron chi connectivity index (χ0n) is 24.2. The molecule has 4 atom stereocenters. The summed E-state index contributed by atoms with van der Waals surface area (Å²) in [7, 11) is 1.45. The number of nitrogens with one attached hydrogen (secondary N) is 2. The molecule has 5 aliphatic carbocycles. The van der Waals surface area contributed by atoms with E-state index in [1.807, 2.05) is 0 Å². The summed E-state index contributed by atoms with van der Waals surface area (Å²) in [6, 6.07) is 4.83. The first-order chi connectivity index (χ1) is 19.6. The topological polar surface area (TPSA) is 138 Å². The normalized spacial score (nSPS) is 31.3. The molecule has 9 nitrogen and oxygen atoms in total. The summed E-state index contributed by atoms with van der Waals surface area (Å²) in [4.78, 5) is 38.9. The Morgan fingerprint density at radius 2 is 1.71 bits per heavy atom. The van der Waals surface area contributed by atoms with Crippen LogP contribution in [-0.2, 0) is 9.59 Å². The molecule has 1 aromatic rings. The third kappa shape index (κ3) is 5.79. The Kier molecular flexibility index (Phi) is 8.04. The van der Waals surface area contributed by atoms with Crippen molar-refractivity contribution in [2.45, 2.75) is 83.8 Å². The van der Waals surface area contributed by atoms with Crippen molar-refractivity contribution in [2.75, 3.05) is 13.7 Å². The molecule has 6 rings (SSSR count). The SMILES string of the molecule is COc1cc(C#N)c(O[C@H]2CC[C@@](C)(C(=O)O)CC2)cc1C(=O)N[C@@H]1[C@H](C(=O)NCC2(C)CCC2)[C@@H]2C=C[C@H]1CC2. The van der Waals surface area contributed by atoms with Crippen LogP contribution in [0.1, 0.15) is 87.6 Å². The third-order valence-electron chi connectivity index (χ3n) is 10.1. The summed E-state index contributed by atoms with van der Waals surface area (Å²) in [5.41, 5.74) is -0.144. The van der Waals surface area contributed by atoms with Gasteiger partial charge >= 0.3 is 5.97 Å². The molecule has 0 aromatic heterocycles. The lowest BCUT2D eigenvalue weighted by Crippen LogP contribution is -2.57. The molecular weight excluding hydrogens is 522 g/mol. The summed E-state index contributed by atoms with van der Waals surface area (Å²) in [6.45, 7) is 4.61. The fourth-order valence-corrected chi connectivity index (χ4v) is 6.98. The van der Waals surface area contributed by atoms with E-state index in [0.29, 0.717) is 32.2 Å². The maximum absolute atomic E-state index is 13.8. The largest absolute Gasteiger partial charge is 0.496 e. The lowest BCUT2D eigenvalue weighted by molar-refractivity contribution is -0.150. The van der Waals surface area contributed by atoms with Crippen LogP contribution in [0.4, 0.5) is 0 Å². The van der Waals surface area contributed by atoms with Gasteiger partial charge < -0.3 is 25.2 Å². The van der Waals surface area contributed by atoms with Gasteiger partial charge in [0.1, 0.15) is 17.6 Å². The van der Waals surface area contributed by atoms with Crippen LogP contribution < -0.4 is 20.1 Å². The highest BCUT2D eigenvalue weighted by Crippen LogP contribution is 2.43. The van der Waals surface area contributed by atoms with Crippen LogP contribution in [-0.4, -0.2) is 48.7 Å². The van der Waals surface area contributed by atoms with Gasteiger partial charge in [0.15, 0.2) is 0 Å². The van der Waals surface area contributed by atoms with E-state index >= 15 is 0 Å². The minimum absolute atomic E-state index is 0.0102. The van der Waals surface area contributed by atoms with Crippen molar-refractivity contribution in [3.63, 3.8) is 0 Å². The van der Waals surface area contributed by atoms with Crippen LogP contribution in [0.3, 0.4) is 0 Å². The molecular formula is C32H41N3O6. The number of fused-ring (bicyclic) bond motifs is 2. The number of rotatable bonds is 9. The second-order valence-electron chi connectivity index (χ2n) is 13.0. The molecule has 3 fully saturated rings. The number of carbonyl (C=O) groups excluding carboxylic acids is 2. The Hall–Kier alpha value is -3.54. The number of carboxylic acid groups (broad SMARTS) is 1. The highest BCUT2D eigenvalue weighted by Gasteiger charge is 2.46. The van der Waals surface area contributed by atoms with Gasteiger partial charge in [-0.2, -0.15) is 5.26 Å². The molecule has 0 heterocycles. The van der Waals surface area contributed by atoms with Crippen molar-refractivity contribution in [3.8, 4) is 17.6 Å². The summed E-state index contributed by atoms with van der Waals surface area (Å²) < 4.78 is 11.7. The van der Waals surface area contributed by atoms with Gasteiger partial charge in [0, 0.05) is 18.7 Å². The molecule has 0 aliphatic heterocycles. The molecule has 9 heteroatoms. The Morgan fingerprint density at radius 3 is 2.27 bits per heavy atom. The summed E-state index contributed by atoms with van der Waals surface area (Å²) in [6.07, 6.45) is 11.3. The molecule has 1 aromatic carbocycles. The number of nitriles is 1. The molecule has 0 unspecified atom stereocenters. The number of hydrogen-bond donors (Lipinski definition) is 3. The Labute approximate surface area is 241 Å². The fraction of sp³-hybridized carbons (Fsp3) is 0.625. The predicted octanol–water partition coefficient (Wildman–Crippen LogP) is 4.60. The first-order valence-electron chi connectivity index (χ1n) is 14.8. The van der Waals surface area contributed by atoms with E-state index in [1.54, 1.807) is 13.0 Å². The highest BCUT2D eigenvalue weighted by molar-refractivity contribution is 5.98. The van der Waals surface area contributed by atoms with Crippen LogP contribution in [0, 0.1) is 39.9 Å². The molecule has 220 valence electrons. The maximum atomic E-state index is 13.8. The number of carbonyl (C=O) groups is 3. The molecule has 0 radical (unpaired) electrons. The number of amides is 2. The average molecular weight is 564 g/mol. The lowest BCUT2D eigenvalue weighted by Gasteiger charge is -2.45. The van der Waals surface area contributed by atoms with E-state index in [1.165, 1.54) is 19.6 Å². The van der Waals surface area contributed by atoms with Crippen LogP contribution in [0.25, 0.3) is 0 Å². The van der Waals surface area contributed by atoms with Gasteiger partial charge in [0.05, 0.1) is 35.7 Å². The Bertz CT molecular complexity index is 1270. The molecule has 2 bridgehead atoms. The van der Waals surface area contributed by atoms with Gasteiger partial charge in [-0.25, -0.2) is 0 Å². The summed E-state index contributed by atoms with van der Waals surface area (Å²) in [5.74, 6) is -0.893. The van der Waals surface area contributed by atoms with Gasteiger partial charge in [-0.05, 0) is 81.6 Å². The standard InChI is InChI=1S/C32H41N3O6/c1-31(11-4-12-31)18-34-29(37)26-19-5-7-20(8-6-19)27(26)35-28(36)23-16-24(21(17-33)15-25(23)40-3)41-22-9-13-32(2,14-10-22)30(38)39/h5,7,15-16,19-20,22,26-27H,4,6,8-14,18H2,1-3H3,(H,34,37)(H,35,36)(H,38,39)/t19-,20+,22-,26-,27+,32+/m1/s1. The fourth-order valence-electron chi connectivity index (χ4n) is 6.98. The van der Waals surface area contributed by atoms with Gasteiger partial charge in [0.2, 0.25) is 5.91 Å². The van der Waals surface area contributed by atoms with E-state index in [4.69, 9.17) is 9.47 Å². The third-order valence-corrected chi connectivity index (χ3v) is 10.1. The zero-order chi connectivity index (χ0) is 29.4. The second-order valence-corrected chi connectivity index (χ2v) is 13.0. The van der Waals surface area contributed by atoms with E-state index in [9.17, 15) is 24.8 Å². The number of hydrogen-bond acceptors (Lipinski definition) is 6. The minimum atomic E-state index is -0.812. The second kappa shape index (κ2) is 11.4. The van der Waals surface area contributed by atoms with Crippen LogP contribution in [0.5, 0.6) is 11.5 Å². The van der Waals surface area contributed by atoms with Crippen LogP contribution in [0.2, 0.25) is 0 Å². The zero-order valence-corrected chi connectivity index (χ0v) is 24.2. The van der Waals surface area contributed by atoms with Crippen molar-refractivity contribution in [1.82, 2.24) is 10.6 Å². The summed E-state index contributed by atoms with van der Waals surface area (Å²) in [5, 5.41) is 25.7. The van der Waals surface area contributed by atoms with Crippen LogP contribution in [0.15, 0.2) is 24.3 Å². The van der Waals surface area contributed by atoms with Gasteiger partial charge in [-0.1, -0.05) is 25.5 Å². The smallest absolute Gasteiger partial charge is 0.309 e. The van der Waals surface area contributed by atoms with Crippen molar-refractivity contribution in [3.05, 3.63) is 35.4 Å². The van der Waals surface area contributed by atoms with E-state index in [2.05, 4.69) is 35.8 Å². The number of ether oxygens (including phenoxy) is 2. The minimum Gasteiger partial charge on any atom is -0.496 e. The number of benzene rings is 1. The number of carboxylic acids is 1. The molecule has 5 aliphatic rings. The van der Waals surface area contributed by atoms with Crippen molar-refractivity contribution in [2.24, 2.45) is 28.6 Å². The maximum Gasteiger partial charge on any atom is 0.309 e. The average Bonchev–Trinajstić information content (AvgIpc) is 2.96. The summed E-state index contributed by atoms with van der Waals surface area (Å²) >= 11 is 0. The van der Waals surface area contributed by atoms with Gasteiger partial charge in [0.25, 0.3) is 5.91 Å². The number of methoxy groups -OCH3 is 1. The first kappa shape index (κ1) is 29.0. The Balaban J connectivity index is 1.33. The lowest BCUT2D eigenvalue weighted by atomic mass is 9.65. The van der Waals surface area contributed by atoms with Crippen molar-refractivity contribution >= 4 is 17.8 Å². The van der Waals surface area contributed by atoms with E-state index < -0.39 is 11.4 Å². The van der Waals surface area contributed by atoms with E-state index in [0.717, 1.165) is 25.7 Å². The molecule has 3 saturated carbocycles. The van der Waals surface area contributed by atoms with Gasteiger partial charge in [-0.15, -0.1) is 0 Å². The van der Waals surface area contributed by atoms with Crippen LogP contribution >= 0.6 is 0 Å². The highest BCUT2D eigenvalue weighted by atomic mass is 16.5. The quantitative estimate of drug-likeness (QED) is 0.374. The molecule has 2 amide bonds. The van der Waals surface area contributed by atoms with Gasteiger partial charge in [-0.3, -0.25) is 14.4 Å². The molecule has 0 spiro atoms. The van der Waals surface area contributed by atoms with E-state index in [-0.39, 0.29) is 69.8 Å². The predicted molar refractivity (Wildman–Crippen MR) is 151 cm³/mol. The number of aliphatic carboxylic acids is 1. The Morgan fingerprint density at radius 1 is 1.02 bits per heavy atom. The number of nitrogens with zero attached hydrogens (tertiary/aromatic N) is 1. The molecule has 0 saturated heterocycles. The van der Waals surface area contributed by atoms with Crippen molar-refractivity contribution < 1.29 is 29.0 Å². The molecule has 41 heavy (non-hydrogen) atoms. The number of allylic oxidation sites excluding steroid dienone is 1. The monoisotopic (exact) mass is 563 g/mol. The first-order valence-corrected chi connectivity index (χ1v) is 14.8. The molecule has 3 N–H and O–H groups in total.